The number of nitrogens with one attached hydrogen (secondary N) is 1. The van der Waals surface area contributed by atoms with Gasteiger partial charge in [0.05, 0.1) is 29.1 Å². The minimum absolute atomic E-state index is 0.146. The summed E-state index contributed by atoms with van der Waals surface area (Å²) in [6, 6.07) is 18.3. The van der Waals surface area contributed by atoms with Crippen molar-refractivity contribution in [1.29, 1.82) is 0 Å². The maximum absolute atomic E-state index is 12.9. The van der Waals surface area contributed by atoms with E-state index >= 15 is 0 Å². The number of hydrogen-bond acceptors (Lipinski definition) is 5. The van der Waals surface area contributed by atoms with Crippen molar-refractivity contribution in [3.8, 4) is 11.4 Å². The van der Waals surface area contributed by atoms with Crippen molar-refractivity contribution in [3.63, 3.8) is 0 Å². The predicted octanol–water partition coefficient (Wildman–Crippen LogP) is 3.47. The standard InChI is InChI=1S/C22H22N4O3S/c1-16(15-29-21-12-6-11-20-19(21)10-7-13-23-20)25-30(27,28)22-14-24-26(17(22)2)18-8-4-3-5-9-18/h3-14,16,25H,15H2,1-2H3/t16-/m0/s1. The molecule has 2 aromatic heterocycles. The molecule has 2 heterocycles. The van der Waals surface area contributed by atoms with E-state index in [9.17, 15) is 8.42 Å². The van der Waals surface area contributed by atoms with Crippen molar-refractivity contribution < 1.29 is 13.2 Å². The van der Waals surface area contributed by atoms with E-state index in [2.05, 4.69) is 14.8 Å². The molecule has 0 aliphatic rings. The summed E-state index contributed by atoms with van der Waals surface area (Å²) in [5.41, 5.74) is 2.17. The molecule has 0 bridgehead atoms. The van der Waals surface area contributed by atoms with Crippen LogP contribution in [0.2, 0.25) is 0 Å². The molecule has 154 valence electrons. The minimum atomic E-state index is -3.75. The summed E-state index contributed by atoms with van der Waals surface area (Å²) in [6.07, 6.45) is 3.09. The van der Waals surface area contributed by atoms with E-state index in [0.29, 0.717) is 11.4 Å². The number of sulfonamides is 1. The molecule has 4 rings (SSSR count). The highest BCUT2D eigenvalue weighted by Crippen LogP contribution is 2.24. The zero-order valence-electron chi connectivity index (χ0n) is 16.7. The van der Waals surface area contributed by atoms with Crippen molar-refractivity contribution in [2.24, 2.45) is 0 Å². The van der Waals surface area contributed by atoms with Crippen molar-refractivity contribution in [2.45, 2.75) is 24.8 Å². The molecule has 8 heteroatoms. The Bertz CT molecular complexity index is 1260. The quantitative estimate of drug-likeness (QED) is 0.493. The molecule has 1 atom stereocenters. The molecule has 2 aromatic carbocycles. The monoisotopic (exact) mass is 422 g/mol. The molecule has 7 nitrogen and oxygen atoms in total. The summed E-state index contributed by atoms with van der Waals surface area (Å²) < 4.78 is 36.0. The van der Waals surface area contributed by atoms with Gasteiger partial charge in [0.2, 0.25) is 10.0 Å². The van der Waals surface area contributed by atoms with Gasteiger partial charge in [0.15, 0.2) is 0 Å². The lowest BCUT2D eigenvalue weighted by Gasteiger charge is -2.16. The highest BCUT2D eigenvalue weighted by atomic mass is 32.2. The molecule has 0 amide bonds. The van der Waals surface area contributed by atoms with E-state index < -0.39 is 16.1 Å². The topological polar surface area (TPSA) is 86.1 Å². The lowest BCUT2D eigenvalue weighted by atomic mass is 10.2. The fourth-order valence-electron chi connectivity index (χ4n) is 3.27. The van der Waals surface area contributed by atoms with Crippen molar-refractivity contribution in [3.05, 3.63) is 78.8 Å². The SMILES string of the molecule is Cc1c(S(=O)(=O)N[C@@H](C)COc2cccc3ncccc23)cnn1-c1ccccc1. The molecule has 0 fully saturated rings. The Balaban J connectivity index is 1.48. The van der Waals surface area contributed by atoms with E-state index in [4.69, 9.17) is 4.74 Å². The van der Waals surface area contributed by atoms with Gasteiger partial charge in [-0.25, -0.2) is 17.8 Å². The Morgan fingerprint density at radius 2 is 1.87 bits per heavy atom. The molecule has 0 radical (unpaired) electrons. The van der Waals surface area contributed by atoms with E-state index in [0.717, 1.165) is 16.6 Å². The van der Waals surface area contributed by atoms with Crippen LogP contribution in [0, 0.1) is 6.92 Å². The third-order valence-electron chi connectivity index (χ3n) is 4.71. The van der Waals surface area contributed by atoms with Gasteiger partial charge in [-0.3, -0.25) is 4.98 Å². The maximum atomic E-state index is 12.9. The molecule has 0 aliphatic heterocycles. The first kappa shape index (κ1) is 20.1. The fraction of sp³-hybridized carbons (Fsp3) is 0.182. The van der Waals surface area contributed by atoms with Gasteiger partial charge in [0, 0.05) is 11.6 Å². The van der Waals surface area contributed by atoms with Gasteiger partial charge in [0.25, 0.3) is 0 Å². The molecular weight excluding hydrogens is 400 g/mol. The molecular formula is C22H22N4O3S. The summed E-state index contributed by atoms with van der Waals surface area (Å²) in [4.78, 5) is 4.45. The van der Waals surface area contributed by atoms with E-state index in [-0.39, 0.29) is 11.5 Å². The Labute approximate surface area is 175 Å². The lowest BCUT2D eigenvalue weighted by molar-refractivity contribution is 0.290. The Morgan fingerprint density at radius 3 is 2.67 bits per heavy atom. The van der Waals surface area contributed by atoms with Crippen LogP contribution >= 0.6 is 0 Å². The fourth-order valence-corrected chi connectivity index (χ4v) is 4.65. The molecule has 4 aromatic rings. The van der Waals surface area contributed by atoms with Crippen LogP contribution < -0.4 is 9.46 Å². The highest BCUT2D eigenvalue weighted by Gasteiger charge is 2.23. The third-order valence-corrected chi connectivity index (χ3v) is 6.40. The first-order valence-corrected chi connectivity index (χ1v) is 11.0. The van der Waals surface area contributed by atoms with Crippen LogP contribution in [-0.2, 0) is 10.0 Å². The first-order valence-electron chi connectivity index (χ1n) is 9.54. The van der Waals surface area contributed by atoms with E-state index in [1.165, 1.54) is 6.20 Å². The zero-order valence-corrected chi connectivity index (χ0v) is 17.5. The van der Waals surface area contributed by atoms with Gasteiger partial charge in [-0.2, -0.15) is 5.10 Å². The molecule has 0 saturated heterocycles. The van der Waals surface area contributed by atoms with Gasteiger partial charge in [-0.15, -0.1) is 0 Å². The van der Waals surface area contributed by atoms with E-state index in [1.807, 2.05) is 60.7 Å². The zero-order chi connectivity index (χ0) is 21.1. The van der Waals surface area contributed by atoms with E-state index in [1.54, 1.807) is 24.7 Å². The number of pyridine rings is 1. The largest absolute Gasteiger partial charge is 0.491 e. The number of benzene rings is 2. The first-order chi connectivity index (χ1) is 14.5. The van der Waals surface area contributed by atoms with Crippen LogP contribution in [0.5, 0.6) is 5.75 Å². The van der Waals surface area contributed by atoms with Crippen LogP contribution in [0.3, 0.4) is 0 Å². The number of nitrogens with zero attached hydrogens (tertiary/aromatic N) is 3. The second-order valence-electron chi connectivity index (χ2n) is 7.00. The van der Waals surface area contributed by atoms with Crippen LogP contribution in [0.15, 0.2) is 78.0 Å². The Morgan fingerprint density at radius 1 is 1.07 bits per heavy atom. The molecule has 0 saturated carbocycles. The minimum Gasteiger partial charge on any atom is -0.491 e. The van der Waals surface area contributed by atoms with Crippen molar-refractivity contribution >= 4 is 20.9 Å². The molecule has 0 unspecified atom stereocenters. The van der Waals surface area contributed by atoms with Crippen LogP contribution in [-0.4, -0.2) is 35.8 Å². The predicted molar refractivity (Wildman–Crippen MR) is 115 cm³/mol. The summed E-state index contributed by atoms with van der Waals surface area (Å²) in [5.74, 6) is 0.666. The number of hydrogen-bond donors (Lipinski definition) is 1. The van der Waals surface area contributed by atoms with Crippen molar-refractivity contribution in [1.82, 2.24) is 19.5 Å². The normalized spacial score (nSPS) is 12.7. The lowest BCUT2D eigenvalue weighted by Crippen LogP contribution is -2.37. The molecule has 30 heavy (non-hydrogen) atoms. The van der Waals surface area contributed by atoms with Crippen LogP contribution in [0.4, 0.5) is 0 Å². The Kier molecular flexibility index (Phi) is 5.52. The number of para-hydroxylation sites is 1. The molecule has 1 N–H and O–H groups in total. The number of fused-ring (bicyclic) bond motifs is 1. The summed E-state index contributed by atoms with van der Waals surface area (Å²) >= 11 is 0. The Hall–Kier alpha value is -3.23. The van der Waals surface area contributed by atoms with Gasteiger partial charge in [-0.05, 0) is 50.2 Å². The van der Waals surface area contributed by atoms with Gasteiger partial charge >= 0.3 is 0 Å². The molecule has 0 spiro atoms. The highest BCUT2D eigenvalue weighted by molar-refractivity contribution is 7.89. The summed E-state index contributed by atoms with van der Waals surface area (Å²) in [7, 11) is -3.75. The van der Waals surface area contributed by atoms with Crippen LogP contribution in [0.25, 0.3) is 16.6 Å². The number of ether oxygens (including phenoxy) is 1. The summed E-state index contributed by atoms with van der Waals surface area (Å²) in [6.45, 7) is 3.68. The second kappa shape index (κ2) is 8.25. The maximum Gasteiger partial charge on any atom is 0.244 e. The van der Waals surface area contributed by atoms with Crippen molar-refractivity contribution in [2.75, 3.05) is 6.61 Å². The van der Waals surface area contributed by atoms with Gasteiger partial charge < -0.3 is 4.74 Å². The number of rotatable bonds is 7. The number of aromatic nitrogens is 3. The average molecular weight is 423 g/mol. The van der Waals surface area contributed by atoms with Crippen LogP contribution in [0.1, 0.15) is 12.6 Å². The van der Waals surface area contributed by atoms with Gasteiger partial charge in [0.1, 0.15) is 17.3 Å². The molecule has 0 aliphatic carbocycles. The second-order valence-corrected chi connectivity index (χ2v) is 8.68. The third kappa shape index (κ3) is 4.05. The average Bonchev–Trinajstić information content (AvgIpc) is 3.15. The smallest absolute Gasteiger partial charge is 0.244 e. The van der Waals surface area contributed by atoms with Gasteiger partial charge in [-0.1, -0.05) is 24.3 Å². The summed E-state index contributed by atoms with van der Waals surface area (Å²) in [5, 5.41) is 5.13.